The fourth-order valence-electron chi connectivity index (χ4n) is 1.97. The number of thioether (sulfide) groups is 1. The van der Waals surface area contributed by atoms with E-state index >= 15 is 0 Å². The summed E-state index contributed by atoms with van der Waals surface area (Å²) in [6.45, 7) is 0. The largest absolute Gasteiger partial charge is 0.481 e. The van der Waals surface area contributed by atoms with E-state index in [0.717, 1.165) is 23.0 Å². The van der Waals surface area contributed by atoms with Crippen LogP contribution in [0, 0.1) is 0 Å². The number of aromatic amines is 2. The van der Waals surface area contributed by atoms with Gasteiger partial charge in [0.1, 0.15) is 0 Å². The predicted molar refractivity (Wildman–Crippen MR) is 83.2 cm³/mol. The van der Waals surface area contributed by atoms with E-state index in [0.29, 0.717) is 22.2 Å². The molecule has 3 rings (SSSR count). The molecule has 0 aliphatic carbocycles. The molecule has 10 heteroatoms. The maximum absolute atomic E-state index is 10.6. The maximum Gasteiger partial charge on any atom is 0.313 e. The number of carboxylic acid groups (broad SMARTS) is 1. The monoisotopic (exact) mass is 332 g/mol. The molecule has 5 N–H and O–H groups in total. The van der Waals surface area contributed by atoms with Crippen LogP contribution in [0.25, 0.3) is 22.6 Å². The standard InChI is InChI=1S/C13H12N6O3S/c20-11(21)6-23-13-15-12(17-18-13)8-3-7(4-9(5-8)19-22)10-1-2-14-16-10/h1-5,19,22H,6H2,(H,14,16)(H,20,21)(H,15,17,18). The summed E-state index contributed by atoms with van der Waals surface area (Å²) in [4.78, 5) is 14.8. The average Bonchev–Trinajstić information content (AvgIpc) is 3.24. The van der Waals surface area contributed by atoms with Gasteiger partial charge in [-0.3, -0.25) is 25.7 Å². The maximum atomic E-state index is 10.6. The number of hydrogen-bond acceptors (Lipinski definition) is 7. The third-order valence-electron chi connectivity index (χ3n) is 2.94. The van der Waals surface area contributed by atoms with Crippen LogP contribution in [0.1, 0.15) is 0 Å². The van der Waals surface area contributed by atoms with Crippen molar-refractivity contribution in [2.75, 3.05) is 11.2 Å². The van der Waals surface area contributed by atoms with Gasteiger partial charge in [0.15, 0.2) is 5.82 Å². The van der Waals surface area contributed by atoms with Gasteiger partial charge < -0.3 is 5.11 Å². The first-order chi connectivity index (χ1) is 11.2. The van der Waals surface area contributed by atoms with Crippen LogP contribution in [0.5, 0.6) is 0 Å². The lowest BCUT2D eigenvalue weighted by atomic mass is 10.1. The fourth-order valence-corrected chi connectivity index (χ4v) is 2.49. The van der Waals surface area contributed by atoms with Crippen LogP contribution in [-0.4, -0.2) is 47.4 Å². The van der Waals surface area contributed by atoms with Crippen molar-refractivity contribution >= 4 is 23.4 Å². The Bertz CT molecular complexity index is 817. The summed E-state index contributed by atoms with van der Waals surface area (Å²) in [5.41, 5.74) is 4.85. The molecule has 1 aromatic carbocycles. The molecular weight excluding hydrogens is 320 g/mol. The number of nitrogens with zero attached hydrogens (tertiary/aromatic N) is 3. The number of carboxylic acids is 1. The molecule has 0 saturated carbocycles. The summed E-state index contributed by atoms with van der Waals surface area (Å²) in [7, 11) is 0. The Hall–Kier alpha value is -2.85. The Morgan fingerprint density at radius 2 is 2.09 bits per heavy atom. The van der Waals surface area contributed by atoms with Crippen LogP contribution in [-0.2, 0) is 4.79 Å². The van der Waals surface area contributed by atoms with Gasteiger partial charge in [0, 0.05) is 17.3 Å². The number of rotatable bonds is 6. The van der Waals surface area contributed by atoms with Crippen LogP contribution in [0.15, 0.2) is 35.6 Å². The van der Waals surface area contributed by atoms with E-state index in [4.69, 9.17) is 5.11 Å². The van der Waals surface area contributed by atoms with Crippen molar-refractivity contribution in [3.05, 3.63) is 30.5 Å². The van der Waals surface area contributed by atoms with Gasteiger partial charge >= 0.3 is 5.97 Å². The molecule has 0 radical (unpaired) electrons. The van der Waals surface area contributed by atoms with E-state index in [1.165, 1.54) is 0 Å². The molecule has 0 amide bonds. The number of aromatic nitrogens is 5. The van der Waals surface area contributed by atoms with Crippen molar-refractivity contribution in [1.82, 2.24) is 25.4 Å². The second kappa shape index (κ2) is 6.50. The Kier molecular flexibility index (Phi) is 4.26. The van der Waals surface area contributed by atoms with Crippen LogP contribution < -0.4 is 5.48 Å². The highest BCUT2D eigenvalue weighted by molar-refractivity contribution is 7.99. The quantitative estimate of drug-likeness (QED) is 0.340. The first-order valence-electron chi connectivity index (χ1n) is 6.48. The molecule has 2 aromatic heterocycles. The third kappa shape index (κ3) is 3.49. The van der Waals surface area contributed by atoms with Crippen molar-refractivity contribution in [2.24, 2.45) is 0 Å². The molecule has 2 heterocycles. The first kappa shape index (κ1) is 15.1. The predicted octanol–water partition coefficient (Wildman–Crippen LogP) is 1.84. The number of carbonyl (C=O) groups is 1. The van der Waals surface area contributed by atoms with Crippen LogP contribution in [0.4, 0.5) is 5.69 Å². The lowest BCUT2D eigenvalue weighted by molar-refractivity contribution is -0.133. The zero-order valence-electron chi connectivity index (χ0n) is 11.6. The highest BCUT2D eigenvalue weighted by Gasteiger charge is 2.11. The molecule has 0 saturated heterocycles. The van der Waals surface area contributed by atoms with Crippen molar-refractivity contribution in [3.8, 4) is 22.6 Å². The summed E-state index contributed by atoms with van der Waals surface area (Å²) in [6.07, 6.45) is 1.63. The van der Waals surface area contributed by atoms with Gasteiger partial charge in [-0.1, -0.05) is 11.8 Å². The van der Waals surface area contributed by atoms with Gasteiger partial charge in [-0.15, -0.1) is 5.10 Å². The van der Waals surface area contributed by atoms with Gasteiger partial charge in [-0.25, -0.2) is 4.98 Å². The summed E-state index contributed by atoms with van der Waals surface area (Å²) in [5.74, 6) is -0.584. The second-order valence-electron chi connectivity index (χ2n) is 4.53. The Morgan fingerprint density at radius 3 is 2.78 bits per heavy atom. The molecule has 0 fully saturated rings. The summed E-state index contributed by atoms with van der Waals surface area (Å²) >= 11 is 1.02. The van der Waals surface area contributed by atoms with Gasteiger partial charge in [-0.05, 0) is 24.3 Å². The summed E-state index contributed by atoms with van der Waals surface area (Å²) in [6, 6.07) is 7.08. The lowest BCUT2D eigenvalue weighted by Crippen LogP contribution is -1.97. The third-order valence-corrected chi connectivity index (χ3v) is 3.77. The number of aliphatic carboxylic acids is 1. The number of benzene rings is 1. The molecule has 3 aromatic rings. The molecule has 0 unspecified atom stereocenters. The molecular formula is C13H12N6O3S. The van der Waals surface area contributed by atoms with Gasteiger partial charge in [0.05, 0.1) is 17.1 Å². The molecule has 0 aliphatic heterocycles. The minimum atomic E-state index is -0.936. The summed E-state index contributed by atoms with van der Waals surface area (Å²) in [5, 5.41) is 31.7. The van der Waals surface area contributed by atoms with Crippen LogP contribution in [0.2, 0.25) is 0 Å². The Morgan fingerprint density at radius 1 is 1.26 bits per heavy atom. The molecule has 23 heavy (non-hydrogen) atoms. The number of H-pyrrole nitrogens is 2. The number of anilines is 1. The van der Waals surface area contributed by atoms with E-state index in [9.17, 15) is 10.0 Å². The van der Waals surface area contributed by atoms with E-state index in [-0.39, 0.29) is 5.75 Å². The SMILES string of the molecule is O=C(O)CSc1n[nH]c(-c2cc(NO)cc(-c3ccn[nH]3)c2)n1. The number of hydrogen-bond donors (Lipinski definition) is 5. The summed E-state index contributed by atoms with van der Waals surface area (Å²) < 4.78 is 0. The Labute approximate surface area is 134 Å². The Balaban J connectivity index is 1.93. The number of nitrogens with one attached hydrogen (secondary N) is 3. The zero-order chi connectivity index (χ0) is 16.2. The normalized spacial score (nSPS) is 10.7. The van der Waals surface area contributed by atoms with Gasteiger partial charge in [0.2, 0.25) is 5.16 Å². The fraction of sp³-hybridized carbons (Fsp3) is 0.0769. The molecule has 0 atom stereocenters. The first-order valence-corrected chi connectivity index (χ1v) is 7.46. The van der Waals surface area contributed by atoms with Crippen molar-refractivity contribution < 1.29 is 15.1 Å². The van der Waals surface area contributed by atoms with E-state index in [2.05, 4.69) is 30.9 Å². The zero-order valence-corrected chi connectivity index (χ0v) is 12.5. The second-order valence-corrected chi connectivity index (χ2v) is 5.47. The van der Waals surface area contributed by atoms with Crippen molar-refractivity contribution in [1.29, 1.82) is 0 Å². The smallest absolute Gasteiger partial charge is 0.313 e. The topological polar surface area (TPSA) is 140 Å². The highest BCUT2D eigenvalue weighted by atomic mass is 32.2. The molecule has 0 bridgehead atoms. The van der Waals surface area contributed by atoms with Crippen LogP contribution >= 0.6 is 11.8 Å². The van der Waals surface area contributed by atoms with Crippen molar-refractivity contribution in [2.45, 2.75) is 5.16 Å². The molecule has 0 spiro atoms. The van der Waals surface area contributed by atoms with E-state index < -0.39 is 5.97 Å². The van der Waals surface area contributed by atoms with E-state index in [1.54, 1.807) is 24.4 Å². The molecule has 9 nitrogen and oxygen atoms in total. The minimum Gasteiger partial charge on any atom is -0.481 e. The molecule has 118 valence electrons. The van der Waals surface area contributed by atoms with Gasteiger partial charge in [0.25, 0.3) is 0 Å². The minimum absolute atomic E-state index is 0.116. The highest BCUT2D eigenvalue weighted by Crippen LogP contribution is 2.28. The van der Waals surface area contributed by atoms with E-state index in [1.807, 2.05) is 6.07 Å². The average molecular weight is 332 g/mol. The van der Waals surface area contributed by atoms with Crippen molar-refractivity contribution in [3.63, 3.8) is 0 Å². The van der Waals surface area contributed by atoms with Crippen LogP contribution in [0.3, 0.4) is 0 Å². The lowest BCUT2D eigenvalue weighted by Gasteiger charge is -2.06. The molecule has 0 aliphatic rings. The van der Waals surface area contributed by atoms with Gasteiger partial charge in [-0.2, -0.15) is 5.10 Å².